The molecule has 0 bridgehead atoms. The number of hydrogen-bond donors (Lipinski definition) is 3. The summed E-state index contributed by atoms with van der Waals surface area (Å²) in [5.74, 6) is -4.32. The monoisotopic (exact) mass is 528 g/mol. The molecule has 2 aromatic carbocycles. The molecule has 39 heavy (non-hydrogen) atoms. The van der Waals surface area contributed by atoms with Gasteiger partial charge in [-0.05, 0) is 93.0 Å². The van der Waals surface area contributed by atoms with Gasteiger partial charge >= 0.3 is 0 Å². The molecule has 3 aliphatic carbocycles. The number of aryl methyl sites for hydroxylation is 4. The lowest BCUT2D eigenvalue weighted by molar-refractivity contribution is -0.147. The molecule has 3 N–H and O–H groups in total. The van der Waals surface area contributed by atoms with E-state index >= 15 is 0 Å². The fourth-order valence-electron chi connectivity index (χ4n) is 6.94. The molecule has 6 heteroatoms. The molecule has 3 atom stereocenters. The molecule has 6 nitrogen and oxygen atoms in total. The summed E-state index contributed by atoms with van der Waals surface area (Å²) < 4.78 is 0. The summed E-state index contributed by atoms with van der Waals surface area (Å²) >= 11 is 0. The van der Waals surface area contributed by atoms with Crippen LogP contribution in [0.1, 0.15) is 72.1 Å². The Morgan fingerprint density at radius 2 is 1.72 bits per heavy atom. The van der Waals surface area contributed by atoms with Crippen molar-refractivity contribution in [2.24, 2.45) is 11.8 Å². The molecule has 0 aliphatic heterocycles. The van der Waals surface area contributed by atoms with E-state index in [9.17, 15) is 29.7 Å². The molecule has 5 rings (SSSR count). The first-order valence-electron chi connectivity index (χ1n) is 13.9. The minimum atomic E-state index is -2.39. The second kappa shape index (κ2) is 9.91. The van der Waals surface area contributed by atoms with E-state index in [0.29, 0.717) is 12.0 Å². The summed E-state index contributed by atoms with van der Waals surface area (Å²) in [6.45, 7) is 7.24. The predicted molar refractivity (Wildman–Crippen MR) is 149 cm³/mol. The minimum Gasteiger partial charge on any atom is -0.508 e. The van der Waals surface area contributed by atoms with Gasteiger partial charge in [-0.2, -0.15) is 0 Å². The van der Waals surface area contributed by atoms with Crippen molar-refractivity contribution in [1.82, 2.24) is 0 Å². The topological polar surface area (TPSA) is 112 Å². The van der Waals surface area contributed by atoms with Crippen molar-refractivity contribution in [2.45, 2.75) is 78.2 Å². The maximum atomic E-state index is 13.8. The van der Waals surface area contributed by atoms with Crippen LogP contribution >= 0.6 is 0 Å². The van der Waals surface area contributed by atoms with Crippen LogP contribution in [0, 0.1) is 25.7 Å². The number of carbonyl (C=O) groups is 3. The molecule has 0 unspecified atom stereocenters. The zero-order chi connectivity index (χ0) is 28.2. The van der Waals surface area contributed by atoms with Gasteiger partial charge in [0.2, 0.25) is 5.78 Å². The van der Waals surface area contributed by atoms with Gasteiger partial charge in [0.25, 0.3) is 0 Å². The van der Waals surface area contributed by atoms with Crippen LogP contribution in [-0.4, -0.2) is 38.3 Å². The first-order valence-corrected chi connectivity index (χ1v) is 13.9. The summed E-state index contributed by atoms with van der Waals surface area (Å²) in [5, 5.41) is 34.0. The van der Waals surface area contributed by atoms with Crippen molar-refractivity contribution in [3.63, 3.8) is 0 Å². The van der Waals surface area contributed by atoms with E-state index in [1.54, 1.807) is 0 Å². The molecule has 1 fully saturated rings. The Kier molecular flexibility index (Phi) is 6.88. The van der Waals surface area contributed by atoms with Crippen molar-refractivity contribution in [3.05, 3.63) is 86.2 Å². The largest absolute Gasteiger partial charge is 0.508 e. The molecule has 0 radical (unpaired) electrons. The fraction of sp³-hybridized carbons (Fsp3) is 0.424. The first-order chi connectivity index (χ1) is 18.5. The van der Waals surface area contributed by atoms with Crippen molar-refractivity contribution in [2.75, 3.05) is 0 Å². The van der Waals surface area contributed by atoms with E-state index in [-0.39, 0.29) is 30.1 Å². The molecule has 204 valence electrons. The minimum absolute atomic E-state index is 0.0898. The highest BCUT2D eigenvalue weighted by molar-refractivity contribution is 6.23. The van der Waals surface area contributed by atoms with Gasteiger partial charge in [-0.3, -0.25) is 14.4 Å². The lowest BCUT2D eigenvalue weighted by atomic mass is 9.58. The van der Waals surface area contributed by atoms with Crippen molar-refractivity contribution >= 4 is 23.1 Å². The SMILES string of the molecule is CCc1cc(CCCc2ccc(C)cc2)c(C)c2c1C[C@H]1C[C@H]3CC(=O)C(C(C)=O)=C(O)[C@@]3(O)C(=O)C1=C2O. The highest BCUT2D eigenvalue weighted by atomic mass is 16.3. The number of aliphatic hydroxyl groups excluding tert-OH is 2. The molecular weight excluding hydrogens is 492 g/mol. The lowest BCUT2D eigenvalue weighted by Crippen LogP contribution is -2.58. The van der Waals surface area contributed by atoms with E-state index in [1.165, 1.54) is 11.1 Å². The van der Waals surface area contributed by atoms with Gasteiger partial charge in [0, 0.05) is 23.5 Å². The quantitative estimate of drug-likeness (QED) is 0.446. The van der Waals surface area contributed by atoms with Crippen molar-refractivity contribution in [3.8, 4) is 0 Å². The number of hydrogen-bond acceptors (Lipinski definition) is 6. The van der Waals surface area contributed by atoms with Gasteiger partial charge < -0.3 is 15.3 Å². The van der Waals surface area contributed by atoms with Crippen LogP contribution in [0.25, 0.3) is 5.76 Å². The summed E-state index contributed by atoms with van der Waals surface area (Å²) in [4.78, 5) is 38.5. The van der Waals surface area contributed by atoms with Gasteiger partial charge in [-0.15, -0.1) is 0 Å². The highest BCUT2D eigenvalue weighted by Gasteiger charge is 2.60. The third kappa shape index (κ3) is 4.26. The summed E-state index contributed by atoms with van der Waals surface area (Å²) in [6.07, 6.45) is 4.03. The van der Waals surface area contributed by atoms with Crippen LogP contribution in [0.3, 0.4) is 0 Å². The number of carbonyl (C=O) groups excluding carboxylic acids is 3. The summed E-state index contributed by atoms with van der Waals surface area (Å²) in [5.41, 5.74) is 4.50. The molecule has 2 aromatic rings. The molecule has 0 heterocycles. The van der Waals surface area contributed by atoms with Gasteiger partial charge in [-0.25, -0.2) is 0 Å². The van der Waals surface area contributed by atoms with Crippen molar-refractivity contribution in [1.29, 1.82) is 0 Å². The number of fused-ring (bicyclic) bond motifs is 3. The maximum absolute atomic E-state index is 13.8. The van der Waals surface area contributed by atoms with Crippen molar-refractivity contribution < 1.29 is 29.7 Å². The zero-order valence-corrected chi connectivity index (χ0v) is 23.1. The molecule has 1 saturated carbocycles. The second-order valence-corrected chi connectivity index (χ2v) is 11.5. The van der Waals surface area contributed by atoms with Gasteiger partial charge in [0.05, 0.1) is 0 Å². The van der Waals surface area contributed by atoms with Crippen LogP contribution in [0.2, 0.25) is 0 Å². The number of Topliss-reactive ketones (excluding diaryl/α,β-unsaturated/α-hetero) is 3. The third-order valence-corrected chi connectivity index (χ3v) is 9.07. The summed E-state index contributed by atoms with van der Waals surface area (Å²) in [7, 11) is 0. The average Bonchev–Trinajstić information content (AvgIpc) is 2.88. The zero-order valence-electron chi connectivity index (χ0n) is 23.1. The van der Waals surface area contributed by atoms with E-state index in [0.717, 1.165) is 54.9 Å². The molecule has 3 aliphatic rings. The van der Waals surface area contributed by atoms with Crippen LogP contribution in [0.4, 0.5) is 0 Å². The number of allylic oxidation sites excluding steroid dienone is 1. The number of aliphatic hydroxyl groups is 3. The average molecular weight is 529 g/mol. The molecule has 0 aromatic heterocycles. The molecule has 0 saturated heterocycles. The smallest absolute Gasteiger partial charge is 0.202 e. The van der Waals surface area contributed by atoms with Crippen LogP contribution in [0.5, 0.6) is 0 Å². The Morgan fingerprint density at radius 3 is 2.36 bits per heavy atom. The molecule has 0 amide bonds. The summed E-state index contributed by atoms with van der Waals surface area (Å²) in [6, 6.07) is 10.7. The number of rotatable bonds is 6. The normalized spacial score (nSPS) is 24.4. The van der Waals surface area contributed by atoms with Crippen LogP contribution in [-0.2, 0) is 40.1 Å². The molecule has 0 spiro atoms. The number of benzene rings is 2. The Hall–Kier alpha value is -3.51. The first kappa shape index (κ1) is 27.1. The maximum Gasteiger partial charge on any atom is 0.202 e. The Bertz CT molecular complexity index is 1460. The van der Waals surface area contributed by atoms with Gasteiger partial charge in [-0.1, -0.05) is 42.8 Å². The van der Waals surface area contributed by atoms with Gasteiger partial charge in [0.15, 0.2) is 17.2 Å². The Balaban J connectivity index is 1.54. The Morgan fingerprint density at radius 1 is 1.03 bits per heavy atom. The van der Waals surface area contributed by atoms with Crippen LogP contribution in [0.15, 0.2) is 47.2 Å². The lowest BCUT2D eigenvalue weighted by Gasteiger charge is -2.46. The van der Waals surface area contributed by atoms with E-state index < -0.39 is 40.2 Å². The highest BCUT2D eigenvalue weighted by Crippen LogP contribution is 2.52. The van der Waals surface area contributed by atoms with E-state index in [2.05, 4.69) is 44.2 Å². The Labute approximate surface area is 229 Å². The van der Waals surface area contributed by atoms with E-state index in [1.807, 2.05) is 6.92 Å². The fourth-order valence-corrected chi connectivity index (χ4v) is 6.94. The van der Waals surface area contributed by atoms with E-state index in [4.69, 9.17) is 0 Å². The standard InChI is InChI=1S/C33H36O6/c1-5-21-13-22(8-6-7-20-11-9-17(2)10-12-20)18(3)27-25(21)15-23-14-24-16-26(35)28(19(4)34)31(37)33(24,39)32(38)29(23)30(27)36/h9-13,23-24,36-37,39H,5-8,14-16H2,1-4H3/t23-,24+,33-/m1/s1. The van der Waals surface area contributed by atoms with Crippen LogP contribution < -0.4 is 0 Å². The third-order valence-electron chi connectivity index (χ3n) is 9.07. The van der Waals surface area contributed by atoms with Gasteiger partial charge in [0.1, 0.15) is 17.1 Å². The second-order valence-electron chi connectivity index (χ2n) is 11.5. The predicted octanol–water partition coefficient (Wildman–Crippen LogP) is 5.18. The molecular formula is C33H36O6. The number of ketones is 3.